The molecule has 0 aromatic carbocycles. The summed E-state index contributed by atoms with van der Waals surface area (Å²) in [7, 11) is 1.22. The van der Waals surface area contributed by atoms with Crippen molar-refractivity contribution in [2.75, 3.05) is 18.2 Å². The van der Waals surface area contributed by atoms with Crippen LogP contribution in [0.25, 0.3) is 0 Å². The normalized spacial score (nSPS) is 20.7. The Bertz CT molecular complexity index is 1500. The van der Waals surface area contributed by atoms with Crippen LogP contribution in [0.4, 0.5) is 14.7 Å². The number of rotatable bonds is 11. The molecule has 3 heterocycles. The zero-order valence-electron chi connectivity index (χ0n) is 27.9. The predicted octanol–water partition coefficient (Wildman–Crippen LogP) is 3.00. The third kappa shape index (κ3) is 10.1. The molecule has 4 amide bonds. The Morgan fingerprint density at radius 3 is 2.47 bits per heavy atom. The number of hydrogen-bond acceptors (Lipinski definition) is 15. The van der Waals surface area contributed by atoms with E-state index in [9.17, 15) is 28.8 Å². The van der Waals surface area contributed by atoms with Gasteiger partial charge >= 0.3 is 18.2 Å². The first-order chi connectivity index (χ1) is 23.2. The second kappa shape index (κ2) is 16.3. The summed E-state index contributed by atoms with van der Waals surface area (Å²) in [4.78, 5) is 86.4. The molecule has 1 saturated carbocycles. The van der Waals surface area contributed by atoms with Crippen LogP contribution in [0.5, 0.6) is 0 Å². The highest BCUT2D eigenvalue weighted by molar-refractivity contribution is 8.00. The number of fused-ring (bicyclic) bond motifs is 1. The van der Waals surface area contributed by atoms with Gasteiger partial charge in [-0.1, -0.05) is 11.6 Å². The summed E-state index contributed by atoms with van der Waals surface area (Å²) < 4.78 is 20.8. The van der Waals surface area contributed by atoms with E-state index in [0.717, 1.165) is 43.4 Å². The molecule has 3 aliphatic rings. The lowest BCUT2D eigenvalue weighted by Crippen LogP contribution is -2.70. The highest BCUT2D eigenvalue weighted by Gasteiger charge is 2.53. The van der Waals surface area contributed by atoms with Gasteiger partial charge in [-0.25, -0.2) is 19.4 Å². The van der Waals surface area contributed by atoms with Crippen LogP contribution in [0.1, 0.15) is 72.4 Å². The first kappa shape index (κ1) is 37.4. The first-order valence-corrected chi connectivity index (χ1v) is 17.5. The molecule has 3 N–H and O–H groups in total. The smallest absolute Gasteiger partial charge is 0.444 e. The van der Waals surface area contributed by atoms with E-state index in [0.29, 0.717) is 5.75 Å². The number of aromatic nitrogens is 1. The van der Waals surface area contributed by atoms with Crippen LogP contribution in [-0.2, 0) is 43.0 Å². The number of amides is 4. The van der Waals surface area contributed by atoms with Crippen molar-refractivity contribution in [3.63, 3.8) is 0 Å². The van der Waals surface area contributed by atoms with Crippen molar-refractivity contribution in [2.24, 2.45) is 5.16 Å². The quantitative estimate of drug-likeness (QED) is 0.0749. The van der Waals surface area contributed by atoms with Gasteiger partial charge < -0.3 is 39.7 Å². The van der Waals surface area contributed by atoms with E-state index in [1.807, 2.05) is 0 Å². The van der Waals surface area contributed by atoms with E-state index < -0.39 is 65.3 Å². The first-order valence-electron chi connectivity index (χ1n) is 15.6. The van der Waals surface area contributed by atoms with Crippen molar-refractivity contribution < 1.29 is 52.6 Å². The molecule has 268 valence electrons. The van der Waals surface area contributed by atoms with E-state index >= 15 is 0 Å². The fraction of sp³-hybridized carbons (Fsp3) is 0.600. The summed E-state index contributed by atoms with van der Waals surface area (Å²) in [5.41, 5.74) is -1.01. The fourth-order valence-electron chi connectivity index (χ4n) is 4.96. The molecule has 4 rings (SSSR count). The molecule has 2 aliphatic heterocycles. The number of anilines is 1. The minimum absolute atomic E-state index is 0.0450. The van der Waals surface area contributed by atoms with E-state index in [2.05, 4.69) is 26.1 Å². The van der Waals surface area contributed by atoms with Gasteiger partial charge in [-0.05, 0) is 59.5 Å². The lowest BCUT2D eigenvalue weighted by Gasteiger charge is -2.48. The fourth-order valence-corrected chi connectivity index (χ4v) is 6.85. The van der Waals surface area contributed by atoms with Gasteiger partial charge in [-0.15, -0.1) is 23.1 Å². The molecular formula is C30H40N6O11S2. The zero-order chi connectivity index (χ0) is 35.9. The van der Waals surface area contributed by atoms with Crippen molar-refractivity contribution in [1.29, 1.82) is 0 Å². The van der Waals surface area contributed by atoms with E-state index in [-0.39, 0.29) is 28.3 Å². The number of thiazole rings is 1. The maximum absolute atomic E-state index is 13.3. The van der Waals surface area contributed by atoms with Gasteiger partial charge in [-0.3, -0.25) is 19.3 Å². The molecule has 0 radical (unpaired) electrons. The van der Waals surface area contributed by atoms with Crippen molar-refractivity contribution in [3.05, 3.63) is 22.8 Å². The van der Waals surface area contributed by atoms with Crippen molar-refractivity contribution in [1.82, 2.24) is 20.5 Å². The Kier molecular flexibility index (Phi) is 12.5. The van der Waals surface area contributed by atoms with Crippen LogP contribution in [0, 0.1) is 0 Å². The maximum atomic E-state index is 13.3. The molecule has 0 spiro atoms. The van der Waals surface area contributed by atoms with Gasteiger partial charge in [-0.2, -0.15) is 0 Å². The summed E-state index contributed by atoms with van der Waals surface area (Å²) in [5, 5.41) is 12.3. The number of esters is 1. The highest BCUT2D eigenvalue weighted by Crippen LogP contribution is 2.38. The Morgan fingerprint density at radius 1 is 1.08 bits per heavy atom. The maximum Gasteiger partial charge on any atom is 0.511 e. The van der Waals surface area contributed by atoms with Crippen LogP contribution >= 0.6 is 23.1 Å². The molecule has 49 heavy (non-hydrogen) atoms. The third-order valence-corrected chi connectivity index (χ3v) is 9.13. The molecule has 0 bridgehead atoms. The Morgan fingerprint density at radius 2 is 1.80 bits per heavy atom. The number of ether oxygens (including phenoxy) is 4. The van der Waals surface area contributed by atoms with Gasteiger partial charge in [0.25, 0.3) is 11.8 Å². The summed E-state index contributed by atoms with van der Waals surface area (Å²) in [6.07, 6.45) is 2.83. The van der Waals surface area contributed by atoms with Gasteiger partial charge in [0.1, 0.15) is 47.7 Å². The number of oxime groups is 1. The lowest BCUT2D eigenvalue weighted by molar-refractivity contribution is -0.169. The van der Waals surface area contributed by atoms with Crippen molar-refractivity contribution in [2.45, 2.75) is 102 Å². The molecule has 2 fully saturated rings. The molecule has 1 unspecified atom stereocenters. The van der Waals surface area contributed by atoms with E-state index in [4.69, 9.17) is 23.8 Å². The molecular weight excluding hydrogens is 684 g/mol. The third-order valence-electron chi connectivity index (χ3n) is 7.19. The molecule has 17 nitrogen and oxygen atoms in total. The Balaban J connectivity index is 1.30. The van der Waals surface area contributed by atoms with Gasteiger partial charge in [0.2, 0.25) is 12.2 Å². The minimum atomic E-state index is -1.27. The standard InChI is InChI=1S/C30H40N6O11S2/c1-15(31-28(41)47-30(3,4)5)22(37)34-27-32-18(14-49-27)20(35-43-6)23(38)33-21-24(39)36-19(12-13-48-25(21)36)26(40)44-16(2)45-29(42)46-17-10-8-7-9-11-17/h12,14-17,21,25H,7-11,13H2,1-6H3,(H,31,41)(H,33,38)(H,32,34,37)/b35-20-/t15-,16?,21+,25+/m0/s1. The topological polar surface area (TPSA) is 213 Å². The Hall–Kier alpha value is -4.39. The van der Waals surface area contributed by atoms with Crippen LogP contribution in [0.3, 0.4) is 0 Å². The second-order valence-corrected chi connectivity index (χ2v) is 14.2. The van der Waals surface area contributed by atoms with Crippen molar-refractivity contribution >= 4 is 69.9 Å². The molecule has 1 aromatic heterocycles. The average Bonchev–Trinajstić information content (AvgIpc) is 3.48. The number of nitrogens with one attached hydrogen (secondary N) is 3. The van der Waals surface area contributed by atoms with Crippen LogP contribution in [0.15, 0.2) is 22.3 Å². The number of alkyl carbamates (subject to hydrolysis) is 1. The number of carbonyl (C=O) groups excluding carboxylic acids is 6. The molecule has 4 atom stereocenters. The van der Waals surface area contributed by atoms with E-state index in [1.165, 1.54) is 49.1 Å². The minimum Gasteiger partial charge on any atom is -0.444 e. The Labute approximate surface area is 290 Å². The van der Waals surface area contributed by atoms with Crippen LogP contribution in [0.2, 0.25) is 0 Å². The number of nitrogens with zero attached hydrogens (tertiary/aromatic N) is 3. The molecule has 19 heteroatoms. The number of β-lactam (4-membered cyclic amide) rings is 1. The summed E-state index contributed by atoms with van der Waals surface area (Å²) in [6.45, 7) is 7.90. The summed E-state index contributed by atoms with van der Waals surface area (Å²) in [5.74, 6) is -2.50. The van der Waals surface area contributed by atoms with Crippen LogP contribution < -0.4 is 16.0 Å². The van der Waals surface area contributed by atoms with Gasteiger partial charge in [0, 0.05) is 18.1 Å². The number of carbonyl (C=O) groups is 6. The largest absolute Gasteiger partial charge is 0.511 e. The van der Waals surface area contributed by atoms with Crippen LogP contribution in [-0.4, -0.2) is 99.9 Å². The number of thioether (sulfide) groups is 1. The summed E-state index contributed by atoms with van der Waals surface area (Å²) in [6, 6.07) is -1.99. The monoisotopic (exact) mass is 724 g/mol. The van der Waals surface area contributed by atoms with Crippen molar-refractivity contribution in [3.8, 4) is 0 Å². The van der Waals surface area contributed by atoms with E-state index in [1.54, 1.807) is 20.8 Å². The summed E-state index contributed by atoms with van der Waals surface area (Å²) >= 11 is 2.30. The van der Waals surface area contributed by atoms with Gasteiger partial charge in [0.05, 0.1) is 0 Å². The van der Waals surface area contributed by atoms with Gasteiger partial charge in [0.15, 0.2) is 10.8 Å². The molecule has 1 aromatic rings. The second-order valence-electron chi connectivity index (χ2n) is 12.2. The molecule has 1 aliphatic carbocycles. The number of hydrogen-bond donors (Lipinski definition) is 3. The highest BCUT2D eigenvalue weighted by atomic mass is 32.2. The molecule has 1 saturated heterocycles. The predicted molar refractivity (Wildman–Crippen MR) is 176 cm³/mol. The average molecular weight is 725 g/mol. The SMILES string of the molecule is CO/N=C(\C(=O)N[C@@H]1C(=O)N2C(C(=O)OC(C)OC(=O)OC3CCCCC3)=CCS[C@H]12)c1csc(NC(=O)[C@H](C)NC(=O)OC(C)(C)C)n1. The zero-order valence-corrected chi connectivity index (χ0v) is 29.6. The lowest BCUT2D eigenvalue weighted by atomic mass is 9.98.